The third-order valence-corrected chi connectivity index (χ3v) is 1.41. The Morgan fingerprint density at radius 3 is 2.64 bits per heavy atom. The van der Waals surface area contributed by atoms with Gasteiger partial charge in [-0.1, -0.05) is 6.08 Å². The van der Waals surface area contributed by atoms with Gasteiger partial charge in [0.05, 0.1) is 12.3 Å². The minimum absolute atomic E-state index is 0. The van der Waals surface area contributed by atoms with E-state index in [2.05, 4.69) is 11.3 Å². The van der Waals surface area contributed by atoms with Crippen LogP contribution in [0.2, 0.25) is 0 Å². The van der Waals surface area contributed by atoms with Crippen LogP contribution in [0.1, 0.15) is 12.8 Å². The molecule has 0 bridgehead atoms. The van der Waals surface area contributed by atoms with E-state index in [4.69, 9.17) is 0 Å². The minimum Gasteiger partial charge on any atom is -0.393 e. The first-order valence-electron chi connectivity index (χ1n) is 3.09. The molecule has 0 saturated carbocycles. The first-order valence-corrected chi connectivity index (χ1v) is 3.09. The molecule has 1 saturated heterocycles. The third-order valence-electron chi connectivity index (χ3n) is 1.41. The predicted octanol–water partition coefficient (Wildman–Crippen LogP) is -0.799. The molecule has 1 fully saturated rings. The summed E-state index contributed by atoms with van der Waals surface area (Å²) in [7, 11) is 0. The van der Waals surface area contributed by atoms with Gasteiger partial charge in [-0.2, -0.15) is 0 Å². The number of carbonyl (C=O) groups is 2. The lowest BCUT2D eigenvalue weighted by molar-refractivity contribution is -0.153. The van der Waals surface area contributed by atoms with Gasteiger partial charge in [0.25, 0.3) is 0 Å². The highest BCUT2D eigenvalue weighted by Gasteiger charge is 2.31. The summed E-state index contributed by atoms with van der Waals surface area (Å²) in [6.45, 7) is 3.46. The van der Waals surface area contributed by atoms with E-state index in [1.54, 1.807) is 6.08 Å². The van der Waals surface area contributed by atoms with Crippen molar-refractivity contribution in [2.75, 3.05) is 0 Å². The zero-order valence-electron chi connectivity index (χ0n) is 5.50. The van der Waals surface area contributed by atoms with E-state index in [0.717, 1.165) is 0 Å². The zero-order chi connectivity index (χ0) is 7.56. The van der Waals surface area contributed by atoms with Crippen LogP contribution in [0.5, 0.6) is 0 Å². The Morgan fingerprint density at radius 2 is 2.27 bits per heavy atom. The molecule has 0 aromatic carbocycles. The fourth-order valence-corrected chi connectivity index (χ4v) is 0.902. The van der Waals surface area contributed by atoms with Crippen LogP contribution in [0, 0.1) is 5.92 Å². The monoisotopic (exact) mass is 172 g/mol. The molecular weight excluding hydrogens is 160 g/mol. The molecule has 0 radical (unpaired) electrons. The van der Waals surface area contributed by atoms with Crippen LogP contribution < -0.4 is 0 Å². The largest absolute Gasteiger partial charge is 0.393 e. The molecule has 0 N–H and O–H groups in total. The average Bonchev–Trinajstić information content (AvgIpc) is 2.13. The van der Waals surface area contributed by atoms with Gasteiger partial charge < -0.3 is 4.74 Å². The predicted molar refractivity (Wildman–Crippen MR) is 45.4 cm³/mol. The van der Waals surface area contributed by atoms with Gasteiger partial charge in [-0.05, 0) is 17.4 Å². The summed E-state index contributed by atoms with van der Waals surface area (Å²) in [4.78, 5) is 21.1. The molecule has 1 unspecified atom stereocenters. The molecule has 1 atom stereocenters. The van der Waals surface area contributed by atoms with Crippen molar-refractivity contribution in [3.63, 3.8) is 0 Å². The highest BCUT2D eigenvalue weighted by atomic mass is 28.1. The number of hydrogen-bond donors (Lipinski definition) is 0. The van der Waals surface area contributed by atoms with Crippen molar-refractivity contribution < 1.29 is 14.3 Å². The van der Waals surface area contributed by atoms with Crippen LogP contribution in [0.15, 0.2) is 12.7 Å². The van der Waals surface area contributed by atoms with E-state index in [0.29, 0.717) is 6.42 Å². The molecule has 1 heterocycles. The molecule has 1 rings (SSSR count). The standard InChI is InChI=1S/C7H8O3.H4Si/c1-2-3-5-4-6(8)10-7(5)9;/h2,5H,1,3-4H2;1H4. The smallest absolute Gasteiger partial charge is 0.317 e. The number of cyclic esters (lactones) is 2. The van der Waals surface area contributed by atoms with E-state index in [-0.39, 0.29) is 23.3 Å². The molecule has 62 valence electrons. The second kappa shape index (κ2) is 4.08. The summed E-state index contributed by atoms with van der Waals surface area (Å²) in [6.07, 6.45) is 2.36. The quantitative estimate of drug-likeness (QED) is 0.237. The summed E-state index contributed by atoms with van der Waals surface area (Å²) in [5, 5.41) is 0. The van der Waals surface area contributed by atoms with E-state index < -0.39 is 11.9 Å². The van der Waals surface area contributed by atoms with Gasteiger partial charge in [-0.3, -0.25) is 9.59 Å². The SMILES string of the molecule is C=CCC1CC(=O)OC1=O.[SiH4]. The summed E-state index contributed by atoms with van der Waals surface area (Å²) < 4.78 is 4.30. The van der Waals surface area contributed by atoms with Gasteiger partial charge in [-0.15, -0.1) is 6.58 Å². The first kappa shape index (κ1) is 10.1. The second-order valence-corrected chi connectivity index (χ2v) is 2.22. The Kier molecular flexibility index (Phi) is 3.74. The lowest BCUT2D eigenvalue weighted by Gasteiger charge is -1.95. The Morgan fingerprint density at radius 1 is 1.64 bits per heavy atom. The lowest BCUT2D eigenvalue weighted by atomic mass is 10.0. The van der Waals surface area contributed by atoms with Gasteiger partial charge in [0.2, 0.25) is 0 Å². The molecule has 4 heteroatoms. The van der Waals surface area contributed by atoms with Crippen LogP contribution in [-0.2, 0) is 14.3 Å². The highest BCUT2D eigenvalue weighted by molar-refractivity contribution is 5.94. The first-order chi connectivity index (χ1) is 4.74. The minimum atomic E-state index is -0.420. The molecule has 11 heavy (non-hydrogen) atoms. The third kappa shape index (κ3) is 2.31. The van der Waals surface area contributed by atoms with Gasteiger partial charge in [0.15, 0.2) is 0 Å². The fourth-order valence-electron chi connectivity index (χ4n) is 0.902. The number of rotatable bonds is 2. The van der Waals surface area contributed by atoms with Crippen LogP contribution in [0.4, 0.5) is 0 Å². The maximum atomic E-state index is 10.7. The Labute approximate surface area is 69.4 Å². The van der Waals surface area contributed by atoms with Crippen LogP contribution in [0.3, 0.4) is 0 Å². The lowest BCUT2D eigenvalue weighted by Crippen LogP contribution is -2.05. The van der Waals surface area contributed by atoms with Crippen molar-refractivity contribution in [1.82, 2.24) is 0 Å². The van der Waals surface area contributed by atoms with Crippen molar-refractivity contribution in [1.29, 1.82) is 0 Å². The van der Waals surface area contributed by atoms with Gasteiger partial charge in [0, 0.05) is 0 Å². The average molecular weight is 172 g/mol. The number of hydrogen-bond acceptors (Lipinski definition) is 3. The van der Waals surface area contributed by atoms with Gasteiger partial charge in [0.1, 0.15) is 0 Å². The van der Waals surface area contributed by atoms with E-state index in [1.165, 1.54) is 0 Å². The van der Waals surface area contributed by atoms with Crippen molar-refractivity contribution in [3.05, 3.63) is 12.7 Å². The van der Waals surface area contributed by atoms with Crippen LogP contribution >= 0.6 is 0 Å². The number of esters is 2. The van der Waals surface area contributed by atoms with Gasteiger partial charge >= 0.3 is 11.9 Å². The van der Waals surface area contributed by atoms with Crippen LogP contribution in [-0.4, -0.2) is 22.9 Å². The highest BCUT2D eigenvalue weighted by Crippen LogP contribution is 2.18. The molecule has 0 spiro atoms. The van der Waals surface area contributed by atoms with Gasteiger partial charge in [-0.25, -0.2) is 0 Å². The Balaban J connectivity index is 0.000001000. The van der Waals surface area contributed by atoms with Crippen molar-refractivity contribution in [2.24, 2.45) is 5.92 Å². The topological polar surface area (TPSA) is 43.4 Å². The molecule has 0 amide bonds. The van der Waals surface area contributed by atoms with E-state index in [1.807, 2.05) is 0 Å². The maximum absolute atomic E-state index is 10.7. The molecule has 0 aromatic heterocycles. The van der Waals surface area contributed by atoms with E-state index >= 15 is 0 Å². The van der Waals surface area contributed by atoms with Crippen molar-refractivity contribution in [3.8, 4) is 0 Å². The van der Waals surface area contributed by atoms with Crippen molar-refractivity contribution >= 4 is 22.9 Å². The molecule has 0 aliphatic carbocycles. The molecule has 3 nitrogen and oxygen atoms in total. The second-order valence-electron chi connectivity index (χ2n) is 2.22. The summed E-state index contributed by atoms with van der Waals surface area (Å²) in [5.41, 5.74) is 0. The zero-order valence-corrected chi connectivity index (χ0v) is 5.50. The normalized spacial score (nSPS) is 22.4. The number of carbonyl (C=O) groups excluding carboxylic acids is 2. The summed E-state index contributed by atoms with van der Waals surface area (Å²) in [6, 6.07) is 0. The van der Waals surface area contributed by atoms with Crippen LogP contribution in [0.25, 0.3) is 0 Å². The number of allylic oxidation sites excluding steroid dienone is 1. The summed E-state index contributed by atoms with van der Waals surface area (Å²) >= 11 is 0. The molecule has 1 aliphatic rings. The Bertz CT molecular complexity index is 188. The maximum Gasteiger partial charge on any atom is 0.317 e. The Hall–Kier alpha value is -0.903. The molecular formula is C7H12O3Si. The summed E-state index contributed by atoms with van der Waals surface area (Å²) in [5.74, 6) is -1.10. The molecule has 0 aromatic rings. The van der Waals surface area contributed by atoms with E-state index in [9.17, 15) is 9.59 Å². The fraction of sp³-hybridized carbons (Fsp3) is 0.429. The molecule has 1 aliphatic heterocycles. The number of ether oxygens (including phenoxy) is 1. The van der Waals surface area contributed by atoms with Crippen molar-refractivity contribution in [2.45, 2.75) is 12.8 Å².